The maximum Gasteiger partial charge on any atom is 0.272 e. The van der Waals surface area contributed by atoms with E-state index in [0.717, 1.165) is 35.7 Å². The molecule has 3 rings (SSSR count). The number of nitrogens with one attached hydrogen (secondary N) is 2. The molecule has 0 radical (unpaired) electrons. The summed E-state index contributed by atoms with van der Waals surface area (Å²) >= 11 is 0. The third-order valence-corrected chi connectivity index (χ3v) is 4.98. The highest BCUT2D eigenvalue weighted by Gasteiger charge is 2.00. The van der Waals surface area contributed by atoms with Crippen LogP contribution in [0.5, 0.6) is 11.5 Å². The highest BCUT2D eigenvalue weighted by Crippen LogP contribution is 2.13. The zero-order chi connectivity index (χ0) is 24.5. The van der Waals surface area contributed by atoms with E-state index in [1.54, 1.807) is 12.2 Å². The van der Waals surface area contributed by atoms with Crippen molar-refractivity contribution in [3.63, 3.8) is 0 Å². The molecule has 34 heavy (non-hydrogen) atoms. The molecule has 0 aliphatic rings. The number of hydrogen-bond acceptors (Lipinski definition) is 6. The van der Waals surface area contributed by atoms with Crippen LogP contribution >= 0.6 is 0 Å². The lowest BCUT2D eigenvalue weighted by Crippen LogP contribution is -2.46. The minimum atomic E-state index is -0.374. The van der Waals surface area contributed by atoms with Gasteiger partial charge in [-0.25, -0.2) is 0 Å². The van der Waals surface area contributed by atoms with Gasteiger partial charge in [0.1, 0.15) is 35.4 Å². The van der Waals surface area contributed by atoms with Crippen LogP contribution in [-0.2, 0) is 0 Å². The molecule has 3 aromatic rings. The summed E-state index contributed by atoms with van der Waals surface area (Å²) in [6.45, 7) is 2.82. The van der Waals surface area contributed by atoms with E-state index in [9.17, 15) is 9.59 Å². The Morgan fingerprint density at radius 3 is 1.32 bits per heavy atom. The van der Waals surface area contributed by atoms with Crippen LogP contribution in [-0.4, -0.2) is 74.3 Å². The molecule has 2 N–H and O–H groups in total. The molecule has 0 unspecified atom stereocenters. The monoisotopic (exact) mass is 464 g/mol. The van der Waals surface area contributed by atoms with Gasteiger partial charge in [-0.3, -0.25) is 9.59 Å². The molecule has 2 aromatic carbocycles. The molecular weight excluding hydrogens is 432 g/mol. The largest absolute Gasteiger partial charge is 0.492 e. The topological polar surface area (TPSA) is 90.7 Å². The van der Waals surface area contributed by atoms with Crippen LogP contribution in [0.4, 0.5) is 0 Å². The highest BCUT2D eigenvalue weighted by molar-refractivity contribution is 5.51. The van der Waals surface area contributed by atoms with Gasteiger partial charge in [-0.05, 0) is 75.7 Å². The average Bonchev–Trinajstić information content (AvgIpc) is 2.79. The summed E-state index contributed by atoms with van der Waals surface area (Å²) in [4.78, 5) is 34.5. The number of rotatable bonds is 10. The molecule has 1 heterocycles. The maximum absolute atomic E-state index is 12.6. The summed E-state index contributed by atoms with van der Waals surface area (Å²) in [5.74, 6) is 1.50. The van der Waals surface area contributed by atoms with Gasteiger partial charge in [-0.2, -0.15) is 0 Å². The van der Waals surface area contributed by atoms with Crippen molar-refractivity contribution in [1.29, 1.82) is 0 Å². The normalized spacial score (nSPS) is 12.5. The average molecular weight is 465 g/mol. The van der Waals surface area contributed by atoms with Crippen LogP contribution in [0.15, 0.2) is 58.1 Å². The Labute approximate surface area is 198 Å². The Morgan fingerprint density at radius 1 is 0.647 bits per heavy atom. The maximum atomic E-state index is 12.6. The van der Waals surface area contributed by atoms with Crippen molar-refractivity contribution in [2.24, 2.45) is 0 Å². The zero-order valence-electron chi connectivity index (χ0n) is 20.1. The van der Waals surface area contributed by atoms with Crippen molar-refractivity contribution < 1.29 is 9.47 Å². The van der Waals surface area contributed by atoms with Crippen LogP contribution in [0.3, 0.4) is 0 Å². The van der Waals surface area contributed by atoms with Gasteiger partial charge in [0.2, 0.25) is 0 Å². The Morgan fingerprint density at radius 2 is 1.00 bits per heavy atom. The summed E-state index contributed by atoms with van der Waals surface area (Å²) in [6.07, 6.45) is 3.26. The van der Waals surface area contributed by atoms with E-state index in [-0.39, 0.29) is 21.8 Å². The Hall–Kier alpha value is -3.62. The summed E-state index contributed by atoms with van der Waals surface area (Å²) in [7, 11) is 7.95. The van der Waals surface area contributed by atoms with Gasteiger partial charge < -0.3 is 29.2 Å². The molecule has 8 heteroatoms. The Kier molecular flexibility index (Phi) is 8.84. The molecule has 8 nitrogen and oxygen atoms in total. The number of H-pyrrole nitrogens is 2. The molecule has 0 spiro atoms. The van der Waals surface area contributed by atoms with Crippen molar-refractivity contribution in [3.05, 3.63) is 91.1 Å². The molecule has 0 aliphatic carbocycles. The molecule has 0 amide bonds. The second kappa shape index (κ2) is 12.0. The number of aromatic nitrogens is 2. The second-order valence-electron chi connectivity index (χ2n) is 8.47. The molecule has 0 bridgehead atoms. The molecule has 0 aliphatic heterocycles. The minimum Gasteiger partial charge on any atom is -0.492 e. The van der Waals surface area contributed by atoms with Crippen molar-refractivity contribution in [2.45, 2.75) is 0 Å². The van der Waals surface area contributed by atoms with Crippen LogP contribution in [0, 0.1) is 0 Å². The fourth-order valence-corrected chi connectivity index (χ4v) is 3.04. The molecular formula is C26H32N4O4. The van der Waals surface area contributed by atoms with Crippen molar-refractivity contribution in [1.82, 2.24) is 19.8 Å². The third-order valence-electron chi connectivity index (χ3n) is 4.98. The number of likely N-dealkylation sites (N-methyl/N-ethyl adjacent to an activating group) is 2. The number of hydrogen-bond donors (Lipinski definition) is 2. The molecule has 1 aromatic heterocycles. The van der Waals surface area contributed by atoms with Gasteiger partial charge in [0.15, 0.2) is 0 Å². The van der Waals surface area contributed by atoms with Crippen LogP contribution in [0.25, 0.3) is 12.2 Å². The fraction of sp³-hybridized carbons (Fsp3) is 0.308. The Balaban J connectivity index is 1.74. The first-order chi connectivity index (χ1) is 16.3. The van der Waals surface area contributed by atoms with Crippen LogP contribution in [0.1, 0.15) is 11.1 Å². The molecule has 0 saturated carbocycles. The number of ether oxygens (including phenoxy) is 2. The van der Waals surface area contributed by atoms with Gasteiger partial charge in [0.25, 0.3) is 11.1 Å². The quantitative estimate of drug-likeness (QED) is 0.457. The second-order valence-corrected chi connectivity index (χ2v) is 8.47. The van der Waals surface area contributed by atoms with Gasteiger partial charge >= 0.3 is 0 Å². The summed E-state index contributed by atoms with van der Waals surface area (Å²) in [5, 5.41) is 0.376. The molecule has 0 saturated heterocycles. The predicted octanol–water partition coefficient (Wildman–Crippen LogP) is 0.602. The van der Waals surface area contributed by atoms with E-state index < -0.39 is 0 Å². The van der Waals surface area contributed by atoms with E-state index in [1.807, 2.05) is 86.5 Å². The fourth-order valence-electron chi connectivity index (χ4n) is 3.04. The van der Waals surface area contributed by atoms with Crippen LogP contribution < -0.4 is 31.3 Å². The van der Waals surface area contributed by atoms with Gasteiger partial charge in [-0.1, -0.05) is 24.3 Å². The first-order valence-electron chi connectivity index (χ1n) is 11.1. The van der Waals surface area contributed by atoms with Gasteiger partial charge in [0, 0.05) is 13.1 Å². The summed E-state index contributed by atoms with van der Waals surface area (Å²) < 4.78 is 11.4. The van der Waals surface area contributed by atoms with E-state index >= 15 is 0 Å². The van der Waals surface area contributed by atoms with E-state index in [1.165, 1.54) is 0 Å². The first-order valence-corrected chi connectivity index (χ1v) is 11.1. The first kappa shape index (κ1) is 25.0. The molecule has 0 atom stereocenters. The lowest BCUT2D eigenvalue weighted by molar-refractivity contribution is 0.261. The van der Waals surface area contributed by atoms with E-state index in [4.69, 9.17) is 9.47 Å². The van der Waals surface area contributed by atoms with E-state index in [0.29, 0.717) is 13.2 Å². The number of nitrogens with zero attached hydrogens (tertiary/aromatic N) is 2. The van der Waals surface area contributed by atoms with Crippen molar-refractivity contribution in [3.8, 4) is 11.5 Å². The standard InChI is InChI=1S/C26H32N4O4/c1-29(2)13-15-33-21-9-5-19(6-10-21)17-23-25(31)28-24(26(32)27-23)18-20-7-11-22(12-8-20)34-16-14-30(3)4/h5-12,17-18H,13-16H2,1-4H3,(H,27,32)(H,28,31)/b23-17-,24-18-. The Bertz CT molecular complexity index is 1190. The lowest BCUT2D eigenvalue weighted by Gasteiger charge is -2.10. The van der Waals surface area contributed by atoms with E-state index in [2.05, 4.69) is 9.97 Å². The van der Waals surface area contributed by atoms with Gasteiger partial charge in [0.05, 0.1) is 0 Å². The number of benzene rings is 2. The SMILES string of the molecule is CN(C)CCOc1ccc(/C=c2\[nH]c(=O)/c(=C/c3ccc(OCCN(C)C)cc3)[nH]c2=O)cc1. The number of aromatic amines is 2. The summed E-state index contributed by atoms with van der Waals surface area (Å²) in [5.41, 5.74) is 0.812. The van der Waals surface area contributed by atoms with Gasteiger partial charge in [-0.15, -0.1) is 0 Å². The summed E-state index contributed by atoms with van der Waals surface area (Å²) in [6, 6.07) is 14.7. The smallest absolute Gasteiger partial charge is 0.272 e. The molecule has 0 fully saturated rings. The highest BCUT2D eigenvalue weighted by atomic mass is 16.5. The third kappa shape index (κ3) is 7.75. The minimum absolute atomic E-state index is 0.188. The lowest BCUT2D eigenvalue weighted by atomic mass is 10.2. The van der Waals surface area contributed by atoms with Crippen molar-refractivity contribution >= 4 is 12.2 Å². The zero-order valence-corrected chi connectivity index (χ0v) is 20.1. The molecule has 180 valence electrons. The predicted molar refractivity (Wildman–Crippen MR) is 135 cm³/mol. The van der Waals surface area contributed by atoms with Crippen LogP contribution in [0.2, 0.25) is 0 Å². The van der Waals surface area contributed by atoms with Crippen molar-refractivity contribution in [2.75, 3.05) is 54.5 Å².